The average Bonchev–Trinajstić information content (AvgIpc) is 2.35. The summed E-state index contributed by atoms with van der Waals surface area (Å²) < 4.78 is 5.53. The molecular weight excluding hydrogens is 276 g/mol. The zero-order chi connectivity index (χ0) is 12.6. The molecule has 0 amide bonds. The molecule has 0 aromatic rings. The van der Waals surface area contributed by atoms with Gasteiger partial charge in [0.2, 0.25) is 0 Å². The van der Waals surface area contributed by atoms with Crippen LogP contribution in [-0.4, -0.2) is 18.5 Å². The highest BCUT2D eigenvalue weighted by molar-refractivity contribution is 9.09. The fraction of sp³-hybridized carbons (Fsp3) is 0.867. The average molecular weight is 303 g/mol. The molecule has 0 aliphatic rings. The summed E-state index contributed by atoms with van der Waals surface area (Å²) >= 11 is 3.45. The van der Waals surface area contributed by atoms with Gasteiger partial charge >= 0.3 is 0 Å². The summed E-state index contributed by atoms with van der Waals surface area (Å²) in [5.74, 6) is 6.34. The zero-order valence-corrected chi connectivity index (χ0v) is 12.9. The zero-order valence-electron chi connectivity index (χ0n) is 11.3. The number of ether oxygens (including phenoxy) is 1. The summed E-state index contributed by atoms with van der Waals surface area (Å²) in [5.41, 5.74) is 0. The molecule has 0 aliphatic heterocycles. The molecular formula is C15H27BrO. The van der Waals surface area contributed by atoms with E-state index in [0.717, 1.165) is 31.4 Å². The third-order valence-corrected chi connectivity index (χ3v) is 3.13. The minimum atomic E-state index is 0.806. The summed E-state index contributed by atoms with van der Waals surface area (Å²) in [6.45, 7) is 3.91. The maximum atomic E-state index is 5.53. The predicted molar refractivity (Wildman–Crippen MR) is 79.6 cm³/mol. The van der Waals surface area contributed by atoms with Gasteiger partial charge in [0.25, 0.3) is 0 Å². The van der Waals surface area contributed by atoms with Crippen LogP contribution in [0.25, 0.3) is 0 Å². The SMILES string of the molecule is CCCCC#CCCOCCCCCCCBr. The second-order valence-corrected chi connectivity index (χ2v) is 5.07. The second kappa shape index (κ2) is 16.0. The van der Waals surface area contributed by atoms with Crippen molar-refractivity contribution in [1.82, 2.24) is 0 Å². The van der Waals surface area contributed by atoms with Crippen molar-refractivity contribution in [1.29, 1.82) is 0 Å². The molecule has 0 fully saturated rings. The molecule has 0 atom stereocenters. The van der Waals surface area contributed by atoms with Crippen molar-refractivity contribution in [3.63, 3.8) is 0 Å². The molecule has 0 heterocycles. The van der Waals surface area contributed by atoms with Crippen molar-refractivity contribution in [2.45, 2.75) is 64.7 Å². The van der Waals surface area contributed by atoms with Gasteiger partial charge in [-0.1, -0.05) is 48.5 Å². The van der Waals surface area contributed by atoms with Gasteiger partial charge in [-0.25, -0.2) is 0 Å². The van der Waals surface area contributed by atoms with E-state index in [1.165, 1.54) is 44.9 Å². The third-order valence-electron chi connectivity index (χ3n) is 2.57. The highest BCUT2D eigenvalue weighted by atomic mass is 79.9. The van der Waals surface area contributed by atoms with E-state index < -0.39 is 0 Å². The normalized spacial score (nSPS) is 10.0. The maximum Gasteiger partial charge on any atom is 0.0575 e. The smallest absolute Gasteiger partial charge is 0.0575 e. The lowest BCUT2D eigenvalue weighted by molar-refractivity contribution is 0.135. The van der Waals surface area contributed by atoms with Crippen LogP contribution in [0.2, 0.25) is 0 Å². The fourth-order valence-corrected chi connectivity index (χ4v) is 1.89. The molecule has 0 bridgehead atoms. The quantitative estimate of drug-likeness (QED) is 0.299. The predicted octanol–water partition coefficient (Wildman–Crippen LogP) is 4.93. The molecule has 0 spiro atoms. The summed E-state index contributed by atoms with van der Waals surface area (Å²) in [4.78, 5) is 0. The van der Waals surface area contributed by atoms with E-state index in [0.29, 0.717) is 0 Å². The van der Waals surface area contributed by atoms with Crippen LogP contribution in [0, 0.1) is 11.8 Å². The number of unbranched alkanes of at least 4 members (excludes halogenated alkanes) is 6. The second-order valence-electron chi connectivity index (χ2n) is 4.28. The summed E-state index contributed by atoms with van der Waals surface area (Å²) in [6.07, 6.45) is 10.9. The first-order chi connectivity index (χ1) is 8.41. The number of halogens is 1. The largest absolute Gasteiger partial charge is 0.380 e. The van der Waals surface area contributed by atoms with Gasteiger partial charge in [-0.05, 0) is 19.3 Å². The van der Waals surface area contributed by atoms with Crippen LogP contribution in [-0.2, 0) is 4.74 Å². The topological polar surface area (TPSA) is 9.23 Å². The van der Waals surface area contributed by atoms with Crippen LogP contribution in [0.4, 0.5) is 0 Å². The van der Waals surface area contributed by atoms with Gasteiger partial charge in [0.05, 0.1) is 6.61 Å². The maximum absolute atomic E-state index is 5.53. The lowest BCUT2D eigenvalue weighted by Crippen LogP contribution is -1.96. The summed E-state index contributed by atoms with van der Waals surface area (Å²) in [6, 6.07) is 0. The molecule has 0 radical (unpaired) electrons. The lowest BCUT2D eigenvalue weighted by atomic mass is 10.2. The van der Waals surface area contributed by atoms with Crippen molar-refractivity contribution in [2.75, 3.05) is 18.5 Å². The Balaban J connectivity index is 2.99. The van der Waals surface area contributed by atoms with Gasteiger partial charge < -0.3 is 4.74 Å². The lowest BCUT2D eigenvalue weighted by Gasteiger charge is -2.01. The first-order valence-electron chi connectivity index (χ1n) is 7.01. The van der Waals surface area contributed by atoms with Crippen molar-refractivity contribution in [3.8, 4) is 11.8 Å². The standard InChI is InChI=1S/C15H27BrO/c1-2-3-4-5-8-11-14-17-15-12-9-6-7-10-13-16/h2-4,6-7,9-15H2,1H3. The monoisotopic (exact) mass is 302 g/mol. The Kier molecular flexibility index (Phi) is 16.0. The van der Waals surface area contributed by atoms with Gasteiger partial charge in [0.1, 0.15) is 0 Å². The first-order valence-corrected chi connectivity index (χ1v) is 8.13. The number of rotatable bonds is 11. The van der Waals surface area contributed by atoms with Crippen LogP contribution >= 0.6 is 15.9 Å². The van der Waals surface area contributed by atoms with E-state index in [1.54, 1.807) is 0 Å². The van der Waals surface area contributed by atoms with Gasteiger partial charge in [0.15, 0.2) is 0 Å². The van der Waals surface area contributed by atoms with Crippen LogP contribution in [0.15, 0.2) is 0 Å². The summed E-state index contributed by atoms with van der Waals surface area (Å²) in [7, 11) is 0. The minimum absolute atomic E-state index is 0.806. The molecule has 1 nitrogen and oxygen atoms in total. The molecule has 0 N–H and O–H groups in total. The Morgan fingerprint density at radius 1 is 0.824 bits per heavy atom. The van der Waals surface area contributed by atoms with Crippen LogP contribution in [0.1, 0.15) is 64.7 Å². The molecule has 17 heavy (non-hydrogen) atoms. The van der Waals surface area contributed by atoms with E-state index in [2.05, 4.69) is 34.7 Å². The van der Waals surface area contributed by atoms with Gasteiger partial charge in [0, 0.05) is 24.8 Å². The number of hydrogen-bond acceptors (Lipinski definition) is 1. The molecule has 0 rings (SSSR count). The Hall–Kier alpha value is 0. The molecule has 0 unspecified atom stereocenters. The minimum Gasteiger partial charge on any atom is -0.380 e. The van der Waals surface area contributed by atoms with Crippen LogP contribution in [0.3, 0.4) is 0 Å². The Bertz CT molecular complexity index is 193. The van der Waals surface area contributed by atoms with E-state index in [4.69, 9.17) is 4.74 Å². The summed E-state index contributed by atoms with van der Waals surface area (Å²) in [5, 5.41) is 1.14. The van der Waals surface area contributed by atoms with Crippen LogP contribution in [0.5, 0.6) is 0 Å². The van der Waals surface area contributed by atoms with Crippen LogP contribution < -0.4 is 0 Å². The highest BCUT2D eigenvalue weighted by Crippen LogP contribution is 2.04. The molecule has 0 saturated heterocycles. The fourth-order valence-electron chi connectivity index (χ4n) is 1.50. The van der Waals surface area contributed by atoms with Gasteiger partial charge in [-0.3, -0.25) is 0 Å². The van der Waals surface area contributed by atoms with Crippen molar-refractivity contribution in [3.05, 3.63) is 0 Å². The van der Waals surface area contributed by atoms with E-state index >= 15 is 0 Å². The van der Waals surface area contributed by atoms with E-state index in [-0.39, 0.29) is 0 Å². The van der Waals surface area contributed by atoms with Crippen molar-refractivity contribution in [2.24, 2.45) is 0 Å². The molecule has 0 saturated carbocycles. The van der Waals surface area contributed by atoms with E-state index in [1.807, 2.05) is 0 Å². The molecule has 0 aromatic carbocycles. The molecule has 100 valence electrons. The van der Waals surface area contributed by atoms with Gasteiger partial charge in [-0.2, -0.15) is 0 Å². The highest BCUT2D eigenvalue weighted by Gasteiger charge is 1.90. The van der Waals surface area contributed by atoms with E-state index in [9.17, 15) is 0 Å². The van der Waals surface area contributed by atoms with Crippen molar-refractivity contribution < 1.29 is 4.74 Å². The Morgan fingerprint density at radius 2 is 1.53 bits per heavy atom. The third kappa shape index (κ3) is 16.0. The van der Waals surface area contributed by atoms with Crippen molar-refractivity contribution >= 4 is 15.9 Å². The van der Waals surface area contributed by atoms with Gasteiger partial charge in [-0.15, -0.1) is 11.8 Å². The number of alkyl halides is 1. The molecule has 0 aliphatic carbocycles. The number of hydrogen-bond donors (Lipinski definition) is 0. The Morgan fingerprint density at radius 3 is 2.29 bits per heavy atom. The first kappa shape index (κ1) is 17.0. The molecule has 0 aromatic heterocycles. The molecule has 2 heteroatoms. The Labute approximate surface area is 116 Å².